The molecule has 0 spiro atoms. The molecule has 0 aliphatic carbocycles. The quantitative estimate of drug-likeness (QED) is 0.421. The first-order chi connectivity index (χ1) is 15.4. The first-order valence-corrected chi connectivity index (χ1v) is 10.9. The lowest BCUT2D eigenvalue weighted by atomic mass is 10.0. The van der Waals surface area contributed by atoms with E-state index in [1.54, 1.807) is 22.4 Å². The molecule has 4 heterocycles. The van der Waals surface area contributed by atoms with Crippen LogP contribution in [0.25, 0.3) is 38.8 Å². The molecule has 0 fully saturated rings. The van der Waals surface area contributed by atoms with Gasteiger partial charge in [0, 0.05) is 42.1 Å². The molecule has 0 aliphatic rings. The van der Waals surface area contributed by atoms with Gasteiger partial charge in [0.15, 0.2) is 0 Å². The summed E-state index contributed by atoms with van der Waals surface area (Å²) in [6, 6.07) is 10.5. The SMILES string of the molecule is CCc1ccc(-c2ccc3ncc4c(c3c2)n(-c2cn(C(C)C)nc2C)c(=O)n4C)cn1. The summed E-state index contributed by atoms with van der Waals surface area (Å²) in [5.74, 6) is 0. The van der Waals surface area contributed by atoms with E-state index in [2.05, 4.69) is 60.1 Å². The Labute approximate surface area is 186 Å². The molecule has 162 valence electrons. The minimum absolute atomic E-state index is 0.111. The van der Waals surface area contributed by atoms with Crippen molar-refractivity contribution in [2.45, 2.75) is 40.2 Å². The predicted molar refractivity (Wildman–Crippen MR) is 127 cm³/mol. The average molecular weight is 427 g/mol. The summed E-state index contributed by atoms with van der Waals surface area (Å²) in [5, 5.41) is 5.55. The highest BCUT2D eigenvalue weighted by Crippen LogP contribution is 2.30. The number of rotatable bonds is 4. The maximum Gasteiger partial charge on any atom is 0.333 e. The summed E-state index contributed by atoms with van der Waals surface area (Å²) in [6.07, 6.45) is 6.53. The van der Waals surface area contributed by atoms with Gasteiger partial charge in [-0.05, 0) is 51.0 Å². The first-order valence-electron chi connectivity index (χ1n) is 10.9. The fourth-order valence-corrected chi connectivity index (χ4v) is 4.16. The molecule has 5 aromatic rings. The van der Waals surface area contributed by atoms with Crippen LogP contribution < -0.4 is 5.69 Å². The number of fused-ring (bicyclic) bond motifs is 3. The number of benzene rings is 1. The highest BCUT2D eigenvalue weighted by atomic mass is 16.1. The Morgan fingerprint density at radius 2 is 1.81 bits per heavy atom. The van der Waals surface area contributed by atoms with Gasteiger partial charge in [0.25, 0.3) is 0 Å². The molecule has 0 N–H and O–H groups in total. The predicted octanol–water partition coefficient (Wildman–Crippen LogP) is 4.59. The smallest absolute Gasteiger partial charge is 0.293 e. The van der Waals surface area contributed by atoms with Crippen molar-refractivity contribution >= 4 is 21.9 Å². The lowest BCUT2D eigenvalue weighted by molar-refractivity contribution is 0.529. The molecule has 4 aromatic heterocycles. The highest BCUT2D eigenvalue weighted by molar-refractivity contribution is 6.04. The number of nitrogens with zero attached hydrogens (tertiary/aromatic N) is 6. The molecule has 0 aliphatic heterocycles. The second kappa shape index (κ2) is 7.44. The number of aromatic nitrogens is 6. The molecule has 0 saturated heterocycles. The summed E-state index contributed by atoms with van der Waals surface area (Å²) in [6.45, 7) is 8.19. The van der Waals surface area contributed by atoms with Gasteiger partial charge in [0.05, 0.1) is 34.1 Å². The Hall–Kier alpha value is -3.74. The van der Waals surface area contributed by atoms with E-state index in [0.29, 0.717) is 0 Å². The molecule has 1 aromatic carbocycles. The second-order valence-corrected chi connectivity index (χ2v) is 8.47. The van der Waals surface area contributed by atoms with Crippen LogP contribution in [0.1, 0.15) is 38.2 Å². The van der Waals surface area contributed by atoms with Gasteiger partial charge in [-0.15, -0.1) is 0 Å². The zero-order valence-electron chi connectivity index (χ0n) is 19.0. The van der Waals surface area contributed by atoms with Crippen molar-refractivity contribution < 1.29 is 0 Å². The highest BCUT2D eigenvalue weighted by Gasteiger charge is 2.20. The maximum absolute atomic E-state index is 13.3. The number of aryl methyl sites for hydroxylation is 3. The third kappa shape index (κ3) is 3.04. The van der Waals surface area contributed by atoms with Crippen LogP contribution in [-0.4, -0.2) is 28.9 Å². The van der Waals surface area contributed by atoms with Gasteiger partial charge in [-0.2, -0.15) is 5.10 Å². The number of imidazole rings is 1. The minimum Gasteiger partial charge on any atom is -0.293 e. The van der Waals surface area contributed by atoms with Crippen LogP contribution >= 0.6 is 0 Å². The van der Waals surface area contributed by atoms with Crippen molar-refractivity contribution in [1.29, 1.82) is 0 Å². The van der Waals surface area contributed by atoms with Gasteiger partial charge in [-0.1, -0.05) is 19.1 Å². The minimum atomic E-state index is -0.111. The number of hydrogen-bond acceptors (Lipinski definition) is 4. The Balaban J connectivity index is 1.82. The second-order valence-electron chi connectivity index (χ2n) is 8.47. The van der Waals surface area contributed by atoms with E-state index in [0.717, 1.165) is 56.6 Å². The topological polar surface area (TPSA) is 70.5 Å². The summed E-state index contributed by atoms with van der Waals surface area (Å²) in [4.78, 5) is 22.5. The van der Waals surface area contributed by atoms with Crippen LogP contribution in [0.2, 0.25) is 0 Å². The van der Waals surface area contributed by atoms with Crippen molar-refractivity contribution in [1.82, 2.24) is 28.9 Å². The standard InChI is InChI=1S/C25H26N6O/c1-6-19-9-7-18(12-26-19)17-8-10-21-20(11-17)24-22(13-27-21)29(5)25(32)31(24)23-14-30(15(2)3)28-16(23)4/h7-15H,6H2,1-5H3. The lowest BCUT2D eigenvalue weighted by Crippen LogP contribution is -2.21. The summed E-state index contributed by atoms with van der Waals surface area (Å²) >= 11 is 0. The van der Waals surface area contributed by atoms with Gasteiger partial charge >= 0.3 is 5.69 Å². The van der Waals surface area contributed by atoms with Crippen LogP contribution in [0.4, 0.5) is 0 Å². The normalized spacial score (nSPS) is 11.8. The molecule has 0 saturated carbocycles. The van der Waals surface area contributed by atoms with E-state index >= 15 is 0 Å². The monoisotopic (exact) mass is 426 g/mol. The van der Waals surface area contributed by atoms with Crippen molar-refractivity contribution in [3.05, 3.63) is 70.8 Å². The summed E-state index contributed by atoms with van der Waals surface area (Å²) in [7, 11) is 1.79. The van der Waals surface area contributed by atoms with Crippen molar-refractivity contribution in [2.24, 2.45) is 7.05 Å². The van der Waals surface area contributed by atoms with Crippen molar-refractivity contribution in [2.75, 3.05) is 0 Å². The molecule has 0 atom stereocenters. The Kier molecular flexibility index (Phi) is 4.69. The molecule has 7 heteroatoms. The maximum atomic E-state index is 13.3. The van der Waals surface area contributed by atoms with Gasteiger partial charge < -0.3 is 0 Å². The summed E-state index contributed by atoms with van der Waals surface area (Å²) in [5.41, 5.74) is 7.11. The third-order valence-electron chi connectivity index (χ3n) is 6.06. The average Bonchev–Trinajstić information content (AvgIpc) is 3.31. The van der Waals surface area contributed by atoms with Crippen LogP contribution in [-0.2, 0) is 13.5 Å². The molecule has 0 bridgehead atoms. The van der Waals surface area contributed by atoms with Crippen LogP contribution in [0.15, 0.2) is 53.7 Å². The van der Waals surface area contributed by atoms with E-state index in [-0.39, 0.29) is 11.7 Å². The molecular formula is C25H26N6O. The van der Waals surface area contributed by atoms with Crippen LogP contribution in [0, 0.1) is 6.92 Å². The number of hydrogen-bond donors (Lipinski definition) is 0. The first kappa shape index (κ1) is 20.2. The lowest BCUT2D eigenvalue weighted by Gasteiger charge is -2.08. The molecule has 7 nitrogen and oxygen atoms in total. The molecule has 0 amide bonds. The molecule has 0 radical (unpaired) electrons. The van der Waals surface area contributed by atoms with E-state index in [9.17, 15) is 4.79 Å². The zero-order chi connectivity index (χ0) is 22.6. The Morgan fingerprint density at radius 1 is 1.03 bits per heavy atom. The Bertz CT molecular complexity index is 1520. The Morgan fingerprint density at radius 3 is 2.47 bits per heavy atom. The van der Waals surface area contributed by atoms with E-state index in [4.69, 9.17) is 0 Å². The van der Waals surface area contributed by atoms with Crippen molar-refractivity contribution in [3.8, 4) is 16.8 Å². The number of pyridine rings is 2. The molecular weight excluding hydrogens is 400 g/mol. The van der Waals surface area contributed by atoms with Crippen LogP contribution in [0.5, 0.6) is 0 Å². The van der Waals surface area contributed by atoms with Crippen LogP contribution in [0.3, 0.4) is 0 Å². The summed E-state index contributed by atoms with van der Waals surface area (Å²) < 4.78 is 5.31. The van der Waals surface area contributed by atoms with E-state index < -0.39 is 0 Å². The molecule has 32 heavy (non-hydrogen) atoms. The van der Waals surface area contributed by atoms with Gasteiger partial charge in [0.2, 0.25) is 0 Å². The third-order valence-corrected chi connectivity index (χ3v) is 6.06. The molecule has 5 rings (SSSR count). The van der Waals surface area contributed by atoms with E-state index in [1.807, 2.05) is 30.1 Å². The zero-order valence-corrected chi connectivity index (χ0v) is 19.0. The fourth-order valence-electron chi connectivity index (χ4n) is 4.16. The largest absolute Gasteiger partial charge is 0.333 e. The van der Waals surface area contributed by atoms with Gasteiger partial charge in [-0.25, -0.2) is 4.79 Å². The van der Waals surface area contributed by atoms with E-state index in [1.165, 1.54) is 0 Å². The van der Waals surface area contributed by atoms with Crippen molar-refractivity contribution in [3.63, 3.8) is 0 Å². The molecule has 0 unspecified atom stereocenters. The fraction of sp³-hybridized carbons (Fsp3) is 0.280. The van der Waals surface area contributed by atoms with Gasteiger partial charge in [0.1, 0.15) is 0 Å². The van der Waals surface area contributed by atoms with Gasteiger partial charge in [-0.3, -0.25) is 23.8 Å².